The van der Waals surface area contributed by atoms with Crippen LogP contribution in [0.2, 0.25) is 0 Å². The van der Waals surface area contributed by atoms with E-state index in [-0.39, 0.29) is 22.9 Å². The largest absolute Gasteiger partial charge is 0.506 e. The quantitative estimate of drug-likeness (QED) is 0.428. The maximum Gasteiger partial charge on any atom is 0.138 e. The molecule has 3 aromatic rings. The van der Waals surface area contributed by atoms with Gasteiger partial charge in [-0.05, 0) is 48.5 Å². The van der Waals surface area contributed by atoms with Crippen LogP contribution in [0.1, 0.15) is 0 Å². The van der Waals surface area contributed by atoms with Crippen molar-refractivity contribution in [2.45, 2.75) is 0 Å². The van der Waals surface area contributed by atoms with Crippen molar-refractivity contribution in [2.24, 2.45) is 0 Å². The Labute approximate surface area is 138 Å². The van der Waals surface area contributed by atoms with Gasteiger partial charge in [0.25, 0.3) is 0 Å². The van der Waals surface area contributed by atoms with Crippen LogP contribution in [0.3, 0.4) is 0 Å². The van der Waals surface area contributed by atoms with Crippen molar-refractivity contribution in [1.29, 1.82) is 0 Å². The van der Waals surface area contributed by atoms with Gasteiger partial charge in [0, 0.05) is 12.1 Å². The first-order chi connectivity index (χ1) is 11.5. The molecule has 0 spiro atoms. The number of phenols is 2. The molecule has 0 heterocycles. The molecule has 0 saturated heterocycles. The summed E-state index contributed by atoms with van der Waals surface area (Å²) in [5, 5.41) is 18.8. The zero-order chi connectivity index (χ0) is 17.1. The van der Waals surface area contributed by atoms with E-state index >= 15 is 0 Å². The second-order valence-electron chi connectivity index (χ2n) is 5.12. The second kappa shape index (κ2) is 6.29. The average molecular weight is 324 g/mol. The van der Waals surface area contributed by atoms with Crippen molar-refractivity contribution in [3.05, 3.63) is 60.7 Å². The Hall–Kier alpha value is -3.54. The van der Waals surface area contributed by atoms with Gasteiger partial charge in [0.15, 0.2) is 0 Å². The van der Waals surface area contributed by atoms with E-state index in [1.54, 1.807) is 48.5 Å². The molecule has 0 atom stereocenters. The highest BCUT2D eigenvalue weighted by Crippen LogP contribution is 2.31. The van der Waals surface area contributed by atoms with E-state index in [2.05, 4.69) is 0 Å². The Bertz CT molecular complexity index is 791. The summed E-state index contributed by atoms with van der Waals surface area (Å²) in [6, 6.07) is 16.2. The molecule has 6 nitrogen and oxygen atoms in total. The van der Waals surface area contributed by atoms with Crippen molar-refractivity contribution < 1.29 is 19.7 Å². The lowest BCUT2D eigenvalue weighted by molar-refractivity contribution is 0.460. The molecule has 0 bridgehead atoms. The first kappa shape index (κ1) is 15.4. The number of hydrogen-bond donors (Lipinski definition) is 4. The second-order valence-corrected chi connectivity index (χ2v) is 5.12. The number of aromatic hydroxyl groups is 2. The van der Waals surface area contributed by atoms with Crippen LogP contribution >= 0.6 is 0 Å². The summed E-state index contributed by atoms with van der Waals surface area (Å²) in [6.07, 6.45) is 0. The third kappa shape index (κ3) is 3.44. The van der Waals surface area contributed by atoms with E-state index in [0.29, 0.717) is 23.0 Å². The van der Waals surface area contributed by atoms with Crippen LogP contribution in [-0.2, 0) is 0 Å². The number of phenolic OH excluding ortho intramolecular Hbond substituents is 2. The Morgan fingerprint density at radius 2 is 0.875 bits per heavy atom. The van der Waals surface area contributed by atoms with Gasteiger partial charge in [-0.2, -0.15) is 0 Å². The Morgan fingerprint density at radius 3 is 1.21 bits per heavy atom. The monoisotopic (exact) mass is 324 g/mol. The number of ether oxygens (including phenoxy) is 2. The fourth-order valence-corrected chi connectivity index (χ4v) is 2.04. The zero-order valence-corrected chi connectivity index (χ0v) is 12.6. The van der Waals surface area contributed by atoms with Crippen LogP contribution in [0.25, 0.3) is 0 Å². The molecule has 0 aliphatic rings. The lowest BCUT2D eigenvalue weighted by atomic mass is 10.2. The molecule has 0 saturated carbocycles. The molecule has 6 heteroatoms. The highest BCUT2D eigenvalue weighted by atomic mass is 16.5. The lowest BCUT2D eigenvalue weighted by Gasteiger charge is -2.10. The topological polar surface area (TPSA) is 111 Å². The zero-order valence-electron chi connectivity index (χ0n) is 12.6. The Kier molecular flexibility index (Phi) is 4.03. The maximum absolute atomic E-state index is 9.40. The van der Waals surface area contributed by atoms with E-state index < -0.39 is 0 Å². The van der Waals surface area contributed by atoms with E-state index in [0.717, 1.165) is 0 Å². The first-order valence-electron chi connectivity index (χ1n) is 7.14. The molecular weight excluding hydrogens is 308 g/mol. The van der Waals surface area contributed by atoms with E-state index in [1.807, 2.05) is 0 Å². The van der Waals surface area contributed by atoms with Crippen LogP contribution in [-0.4, -0.2) is 10.2 Å². The number of hydrogen-bond acceptors (Lipinski definition) is 6. The smallest absolute Gasteiger partial charge is 0.138 e. The van der Waals surface area contributed by atoms with Gasteiger partial charge in [-0.1, -0.05) is 0 Å². The number of anilines is 2. The SMILES string of the molecule is Nc1cc(Oc2ccc(Oc3ccc(O)c(N)c3)cc2)ccc1O. The van der Waals surface area contributed by atoms with Crippen LogP contribution < -0.4 is 20.9 Å². The predicted octanol–water partition coefficient (Wildman–Crippen LogP) is 3.85. The first-order valence-corrected chi connectivity index (χ1v) is 7.14. The molecule has 122 valence electrons. The van der Waals surface area contributed by atoms with E-state index in [9.17, 15) is 10.2 Å². The predicted molar refractivity (Wildman–Crippen MR) is 91.6 cm³/mol. The minimum absolute atomic E-state index is 0.0132. The van der Waals surface area contributed by atoms with Gasteiger partial charge in [-0.15, -0.1) is 0 Å². The maximum atomic E-state index is 9.40. The molecule has 6 N–H and O–H groups in total. The van der Waals surface area contributed by atoms with Gasteiger partial charge in [0.2, 0.25) is 0 Å². The molecular formula is C18H16N2O4. The molecule has 24 heavy (non-hydrogen) atoms. The summed E-state index contributed by atoms with van der Waals surface area (Å²) in [5.41, 5.74) is 11.8. The fraction of sp³-hybridized carbons (Fsp3) is 0. The molecule has 0 radical (unpaired) electrons. The Balaban J connectivity index is 1.70. The number of nitrogens with two attached hydrogens (primary N) is 2. The fourth-order valence-electron chi connectivity index (χ4n) is 2.04. The number of rotatable bonds is 4. The lowest BCUT2D eigenvalue weighted by Crippen LogP contribution is -1.90. The van der Waals surface area contributed by atoms with Gasteiger partial charge < -0.3 is 31.2 Å². The van der Waals surface area contributed by atoms with Crippen molar-refractivity contribution in [2.75, 3.05) is 11.5 Å². The number of benzene rings is 3. The molecule has 3 rings (SSSR count). The van der Waals surface area contributed by atoms with Crippen LogP contribution in [0.5, 0.6) is 34.5 Å². The minimum atomic E-state index is 0.0132. The van der Waals surface area contributed by atoms with E-state index in [4.69, 9.17) is 20.9 Å². The van der Waals surface area contributed by atoms with Gasteiger partial charge in [0.05, 0.1) is 11.4 Å². The van der Waals surface area contributed by atoms with Crippen LogP contribution in [0.15, 0.2) is 60.7 Å². The standard InChI is InChI=1S/C18H16N2O4/c19-15-9-13(5-7-17(15)21)23-11-1-2-12(4-3-11)24-14-6-8-18(22)16(20)10-14/h1-10,21-22H,19-20H2. The molecule has 0 aromatic heterocycles. The highest BCUT2D eigenvalue weighted by molar-refractivity contribution is 5.57. The normalized spacial score (nSPS) is 10.3. The van der Waals surface area contributed by atoms with Crippen LogP contribution in [0.4, 0.5) is 11.4 Å². The van der Waals surface area contributed by atoms with Gasteiger partial charge >= 0.3 is 0 Å². The van der Waals surface area contributed by atoms with Gasteiger partial charge in [0.1, 0.15) is 34.5 Å². The van der Waals surface area contributed by atoms with Gasteiger partial charge in [-0.3, -0.25) is 0 Å². The summed E-state index contributed by atoms with van der Waals surface area (Å²) in [4.78, 5) is 0. The average Bonchev–Trinajstić information content (AvgIpc) is 2.56. The van der Waals surface area contributed by atoms with Crippen molar-refractivity contribution in [1.82, 2.24) is 0 Å². The molecule has 0 amide bonds. The van der Waals surface area contributed by atoms with Crippen molar-refractivity contribution in [3.63, 3.8) is 0 Å². The molecule has 0 fully saturated rings. The number of nitrogen functional groups attached to an aromatic ring is 2. The summed E-state index contributed by atoms with van der Waals surface area (Å²) in [6.45, 7) is 0. The summed E-state index contributed by atoms with van der Waals surface area (Å²) in [7, 11) is 0. The minimum Gasteiger partial charge on any atom is -0.506 e. The summed E-state index contributed by atoms with van der Waals surface area (Å²) < 4.78 is 11.3. The molecule has 0 unspecified atom stereocenters. The van der Waals surface area contributed by atoms with Crippen LogP contribution in [0, 0.1) is 0 Å². The van der Waals surface area contributed by atoms with Gasteiger partial charge in [-0.25, -0.2) is 0 Å². The Morgan fingerprint density at radius 1 is 0.542 bits per heavy atom. The van der Waals surface area contributed by atoms with Crippen molar-refractivity contribution in [3.8, 4) is 34.5 Å². The summed E-state index contributed by atoms with van der Waals surface area (Å²) in [5.74, 6) is 2.25. The highest BCUT2D eigenvalue weighted by Gasteiger charge is 2.04. The van der Waals surface area contributed by atoms with E-state index in [1.165, 1.54) is 12.1 Å². The van der Waals surface area contributed by atoms with Crippen molar-refractivity contribution >= 4 is 11.4 Å². The summed E-state index contributed by atoms with van der Waals surface area (Å²) >= 11 is 0. The third-order valence-corrected chi connectivity index (χ3v) is 3.29. The molecule has 0 aliphatic heterocycles. The third-order valence-electron chi connectivity index (χ3n) is 3.29. The molecule has 0 aliphatic carbocycles. The molecule has 3 aromatic carbocycles.